The van der Waals surface area contributed by atoms with E-state index in [1.807, 2.05) is 13.0 Å². The van der Waals surface area contributed by atoms with Crippen LogP contribution in [0.25, 0.3) is 0 Å². The van der Waals surface area contributed by atoms with E-state index in [4.69, 9.17) is 9.84 Å². The van der Waals surface area contributed by atoms with Gasteiger partial charge < -0.3 is 15.2 Å². The number of carboxylic acids is 1. The van der Waals surface area contributed by atoms with Crippen LogP contribution in [0.5, 0.6) is 0 Å². The van der Waals surface area contributed by atoms with Crippen molar-refractivity contribution in [1.82, 2.24) is 5.32 Å². The third-order valence-corrected chi connectivity index (χ3v) is 4.18. The van der Waals surface area contributed by atoms with E-state index in [0.29, 0.717) is 4.88 Å². The Balaban J connectivity index is 2.00. The Morgan fingerprint density at radius 3 is 2.89 bits per heavy atom. The Morgan fingerprint density at radius 1 is 1.50 bits per heavy atom. The number of thiophene rings is 1. The first kappa shape index (κ1) is 13.0. The standard InChI is InChI=1S/C12H15NO4S/c1-2-7-3-4-10(18-7)11(14)13-9-6-17-5-8(9)12(15)16/h3-4,8-9H,2,5-6H2,1H3,(H,13,14)(H,15,16). The van der Waals surface area contributed by atoms with E-state index in [0.717, 1.165) is 11.3 Å². The molecule has 5 nitrogen and oxygen atoms in total. The Bertz CT molecular complexity index is 457. The smallest absolute Gasteiger partial charge is 0.311 e. The number of ether oxygens (including phenoxy) is 1. The molecule has 18 heavy (non-hydrogen) atoms. The van der Waals surface area contributed by atoms with Crippen LogP contribution >= 0.6 is 11.3 Å². The van der Waals surface area contributed by atoms with Gasteiger partial charge in [0.15, 0.2) is 0 Å². The van der Waals surface area contributed by atoms with Crippen molar-refractivity contribution >= 4 is 23.2 Å². The van der Waals surface area contributed by atoms with E-state index in [2.05, 4.69) is 5.32 Å². The monoisotopic (exact) mass is 269 g/mol. The molecule has 1 aliphatic rings. The molecule has 6 heteroatoms. The summed E-state index contributed by atoms with van der Waals surface area (Å²) in [6, 6.07) is 3.24. The molecule has 1 amide bonds. The molecule has 0 radical (unpaired) electrons. The van der Waals surface area contributed by atoms with Gasteiger partial charge >= 0.3 is 5.97 Å². The van der Waals surface area contributed by atoms with Crippen molar-refractivity contribution in [2.24, 2.45) is 5.92 Å². The second-order valence-corrected chi connectivity index (χ2v) is 5.35. The second-order valence-electron chi connectivity index (χ2n) is 4.18. The van der Waals surface area contributed by atoms with Crippen LogP contribution in [0.15, 0.2) is 12.1 Å². The fraction of sp³-hybridized carbons (Fsp3) is 0.500. The maximum absolute atomic E-state index is 11.9. The lowest BCUT2D eigenvalue weighted by Crippen LogP contribution is -2.42. The van der Waals surface area contributed by atoms with Gasteiger partial charge in [-0.1, -0.05) is 6.92 Å². The van der Waals surface area contributed by atoms with Gasteiger partial charge in [-0.15, -0.1) is 11.3 Å². The fourth-order valence-electron chi connectivity index (χ4n) is 1.87. The average molecular weight is 269 g/mol. The molecule has 1 saturated heterocycles. The van der Waals surface area contributed by atoms with Crippen molar-refractivity contribution in [2.45, 2.75) is 19.4 Å². The van der Waals surface area contributed by atoms with Gasteiger partial charge in [0.1, 0.15) is 5.92 Å². The molecule has 0 bridgehead atoms. The molecule has 2 N–H and O–H groups in total. The van der Waals surface area contributed by atoms with Crippen LogP contribution in [-0.2, 0) is 16.0 Å². The predicted molar refractivity (Wildman–Crippen MR) is 66.9 cm³/mol. The zero-order valence-corrected chi connectivity index (χ0v) is 10.8. The third kappa shape index (κ3) is 2.70. The maximum atomic E-state index is 11.9. The molecule has 1 aromatic rings. The van der Waals surface area contributed by atoms with Crippen LogP contribution in [0.4, 0.5) is 0 Å². The first-order valence-electron chi connectivity index (χ1n) is 5.82. The van der Waals surface area contributed by atoms with Gasteiger partial charge in [0.25, 0.3) is 5.91 Å². The molecule has 0 aliphatic carbocycles. The Kier molecular flexibility index (Phi) is 3.98. The quantitative estimate of drug-likeness (QED) is 0.859. The van der Waals surface area contributed by atoms with Crippen molar-refractivity contribution < 1.29 is 19.4 Å². The molecule has 0 spiro atoms. The number of carboxylic acid groups (broad SMARTS) is 1. The molecule has 1 aromatic heterocycles. The Hall–Kier alpha value is -1.40. The second kappa shape index (κ2) is 5.49. The van der Waals surface area contributed by atoms with Crippen LogP contribution in [0, 0.1) is 5.92 Å². The van der Waals surface area contributed by atoms with Crippen molar-refractivity contribution in [3.8, 4) is 0 Å². The topological polar surface area (TPSA) is 75.6 Å². The number of nitrogens with one attached hydrogen (secondary N) is 1. The van der Waals surface area contributed by atoms with Crippen LogP contribution in [-0.4, -0.2) is 36.2 Å². The summed E-state index contributed by atoms with van der Waals surface area (Å²) >= 11 is 1.43. The first-order chi connectivity index (χ1) is 8.61. The minimum Gasteiger partial charge on any atom is -0.481 e. The average Bonchev–Trinajstić information content (AvgIpc) is 2.96. The molecule has 2 rings (SSSR count). The summed E-state index contributed by atoms with van der Waals surface area (Å²) < 4.78 is 5.10. The summed E-state index contributed by atoms with van der Waals surface area (Å²) in [5, 5.41) is 11.7. The highest BCUT2D eigenvalue weighted by molar-refractivity contribution is 7.14. The van der Waals surface area contributed by atoms with Crippen molar-refractivity contribution in [3.05, 3.63) is 21.9 Å². The lowest BCUT2D eigenvalue weighted by molar-refractivity contribution is -0.142. The van der Waals surface area contributed by atoms with Gasteiger partial charge in [-0.2, -0.15) is 0 Å². The van der Waals surface area contributed by atoms with Gasteiger partial charge in [-0.3, -0.25) is 9.59 Å². The summed E-state index contributed by atoms with van der Waals surface area (Å²) in [5.41, 5.74) is 0. The number of carbonyl (C=O) groups is 2. The van der Waals surface area contributed by atoms with Crippen molar-refractivity contribution in [2.75, 3.05) is 13.2 Å². The molecule has 1 aliphatic heterocycles. The summed E-state index contributed by atoms with van der Waals surface area (Å²) in [5.74, 6) is -1.81. The van der Waals surface area contributed by atoms with E-state index in [-0.39, 0.29) is 19.1 Å². The number of amides is 1. The molecule has 0 saturated carbocycles. The minimum atomic E-state index is -0.932. The zero-order chi connectivity index (χ0) is 13.1. The molecule has 98 valence electrons. The van der Waals surface area contributed by atoms with Gasteiger partial charge in [-0.05, 0) is 18.6 Å². The molecule has 0 aromatic carbocycles. The van der Waals surface area contributed by atoms with Gasteiger partial charge in [0, 0.05) is 4.88 Å². The van der Waals surface area contributed by atoms with E-state index in [1.165, 1.54) is 11.3 Å². The highest BCUT2D eigenvalue weighted by Gasteiger charge is 2.35. The molecular weight excluding hydrogens is 254 g/mol. The number of aryl methyl sites for hydroxylation is 1. The molecular formula is C12H15NO4S. The number of rotatable bonds is 4. The third-order valence-electron chi connectivity index (χ3n) is 2.95. The maximum Gasteiger partial charge on any atom is 0.311 e. The van der Waals surface area contributed by atoms with Gasteiger partial charge in [0.2, 0.25) is 0 Å². The lowest BCUT2D eigenvalue weighted by Gasteiger charge is -2.14. The molecule has 2 heterocycles. The normalized spacial score (nSPS) is 22.9. The number of hydrogen-bond acceptors (Lipinski definition) is 4. The fourth-order valence-corrected chi connectivity index (χ4v) is 2.72. The number of aliphatic carboxylic acids is 1. The lowest BCUT2D eigenvalue weighted by atomic mass is 10.0. The van der Waals surface area contributed by atoms with Crippen LogP contribution in [0.1, 0.15) is 21.5 Å². The Morgan fingerprint density at radius 2 is 2.28 bits per heavy atom. The van der Waals surface area contributed by atoms with E-state index >= 15 is 0 Å². The predicted octanol–water partition coefficient (Wildman–Crippen LogP) is 1.14. The van der Waals surface area contributed by atoms with Crippen LogP contribution in [0.3, 0.4) is 0 Å². The van der Waals surface area contributed by atoms with Gasteiger partial charge in [0.05, 0.1) is 24.1 Å². The SMILES string of the molecule is CCc1ccc(C(=O)NC2COCC2C(=O)O)s1. The molecule has 2 atom stereocenters. The largest absolute Gasteiger partial charge is 0.481 e. The minimum absolute atomic E-state index is 0.158. The molecule has 2 unspecified atom stereocenters. The number of hydrogen-bond donors (Lipinski definition) is 2. The number of carbonyl (C=O) groups excluding carboxylic acids is 1. The van der Waals surface area contributed by atoms with Crippen LogP contribution < -0.4 is 5.32 Å². The molecule has 1 fully saturated rings. The summed E-state index contributed by atoms with van der Waals surface area (Å²) in [4.78, 5) is 24.7. The van der Waals surface area contributed by atoms with Crippen molar-refractivity contribution in [3.63, 3.8) is 0 Å². The highest BCUT2D eigenvalue weighted by atomic mass is 32.1. The zero-order valence-electron chi connectivity index (χ0n) is 10.0. The summed E-state index contributed by atoms with van der Waals surface area (Å²) in [6.45, 7) is 2.44. The van der Waals surface area contributed by atoms with Crippen LogP contribution in [0.2, 0.25) is 0 Å². The first-order valence-corrected chi connectivity index (χ1v) is 6.63. The highest BCUT2D eigenvalue weighted by Crippen LogP contribution is 2.19. The summed E-state index contributed by atoms with van der Waals surface area (Å²) in [6.07, 6.45) is 0.891. The van der Waals surface area contributed by atoms with E-state index in [9.17, 15) is 9.59 Å². The Labute approximate surface area is 109 Å². The van der Waals surface area contributed by atoms with E-state index < -0.39 is 17.9 Å². The van der Waals surface area contributed by atoms with Gasteiger partial charge in [-0.25, -0.2) is 0 Å². The summed E-state index contributed by atoms with van der Waals surface area (Å²) in [7, 11) is 0. The van der Waals surface area contributed by atoms with Crippen molar-refractivity contribution in [1.29, 1.82) is 0 Å². The van der Waals surface area contributed by atoms with E-state index in [1.54, 1.807) is 6.07 Å².